The second-order valence-corrected chi connectivity index (χ2v) is 5.85. The van der Waals surface area contributed by atoms with Crippen molar-refractivity contribution < 1.29 is 4.79 Å². The molecule has 106 valence electrons. The van der Waals surface area contributed by atoms with Crippen molar-refractivity contribution in [2.24, 2.45) is 0 Å². The number of hydrogen-bond donors (Lipinski definition) is 2. The number of amides is 2. The quantitative estimate of drug-likeness (QED) is 0.847. The van der Waals surface area contributed by atoms with Crippen LogP contribution in [0.25, 0.3) is 0 Å². The fourth-order valence-electron chi connectivity index (χ4n) is 1.86. The Balaban J connectivity index is 1.84. The van der Waals surface area contributed by atoms with E-state index in [1.54, 1.807) is 11.3 Å². The summed E-state index contributed by atoms with van der Waals surface area (Å²) in [6.07, 6.45) is 0.870. The summed E-state index contributed by atoms with van der Waals surface area (Å²) in [5.41, 5.74) is 1.02. The van der Waals surface area contributed by atoms with Gasteiger partial charge in [0.05, 0.1) is 6.04 Å². The number of thiophene rings is 1. The van der Waals surface area contributed by atoms with Gasteiger partial charge in [0.2, 0.25) is 0 Å². The van der Waals surface area contributed by atoms with Gasteiger partial charge in [-0.25, -0.2) is 4.79 Å². The van der Waals surface area contributed by atoms with E-state index in [4.69, 9.17) is 11.6 Å². The summed E-state index contributed by atoms with van der Waals surface area (Å²) >= 11 is 7.48. The summed E-state index contributed by atoms with van der Waals surface area (Å²) in [6.45, 7) is 2.55. The summed E-state index contributed by atoms with van der Waals surface area (Å²) in [4.78, 5) is 13.1. The SMILES string of the molecule is CCC(NC(=O)NCc1ccc(Cl)cc1)c1cccs1. The van der Waals surface area contributed by atoms with Crippen LogP contribution in [-0.2, 0) is 6.54 Å². The topological polar surface area (TPSA) is 41.1 Å². The van der Waals surface area contributed by atoms with Crippen molar-refractivity contribution in [3.05, 3.63) is 57.2 Å². The van der Waals surface area contributed by atoms with E-state index in [-0.39, 0.29) is 12.1 Å². The molecule has 1 heterocycles. The first kappa shape index (κ1) is 14.9. The van der Waals surface area contributed by atoms with E-state index in [2.05, 4.69) is 17.6 Å². The minimum atomic E-state index is -0.153. The second kappa shape index (κ2) is 7.31. The molecule has 20 heavy (non-hydrogen) atoms. The van der Waals surface area contributed by atoms with Crippen molar-refractivity contribution in [1.29, 1.82) is 0 Å². The Morgan fingerprint density at radius 3 is 2.65 bits per heavy atom. The maximum absolute atomic E-state index is 11.9. The molecular weight excluding hydrogens is 292 g/mol. The van der Waals surface area contributed by atoms with Crippen molar-refractivity contribution in [3.63, 3.8) is 0 Å². The Bertz CT molecular complexity index is 540. The zero-order chi connectivity index (χ0) is 14.4. The van der Waals surface area contributed by atoms with Gasteiger partial charge >= 0.3 is 6.03 Å². The monoisotopic (exact) mass is 308 g/mol. The van der Waals surface area contributed by atoms with Crippen molar-refractivity contribution in [1.82, 2.24) is 10.6 Å². The van der Waals surface area contributed by atoms with Gasteiger partial charge < -0.3 is 10.6 Å². The van der Waals surface area contributed by atoms with Crippen molar-refractivity contribution in [3.8, 4) is 0 Å². The molecule has 2 N–H and O–H groups in total. The predicted octanol–water partition coefficient (Wildman–Crippen LogP) is 4.35. The summed E-state index contributed by atoms with van der Waals surface area (Å²) in [5, 5.41) is 8.56. The third-order valence-electron chi connectivity index (χ3n) is 2.97. The Hall–Kier alpha value is -1.52. The number of carbonyl (C=O) groups excluding carboxylic acids is 1. The molecule has 0 bridgehead atoms. The number of benzene rings is 1. The van der Waals surface area contributed by atoms with Gasteiger partial charge in [-0.1, -0.05) is 36.7 Å². The van der Waals surface area contributed by atoms with Crippen LogP contribution in [0.3, 0.4) is 0 Å². The first-order chi connectivity index (χ1) is 9.69. The van der Waals surface area contributed by atoms with E-state index >= 15 is 0 Å². The average molecular weight is 309 g/mol. The highest BCUT2D eigenvalue weighted by Crippen LogP contribution is 2.21. The molecule has 3 nitrogen and oxygen atoms in total. The Morgan fingerprint density at radius 1 is 1.30 bits per heavy atom. The molecule has 2 amide bonds. The van der Waals surface area contributed by atoms with Crippen molar-refractivity contribution in [2.75, 3.05) is 0 Å². The van der Waals surface area contributed by atoms with Crippen LogP contribution in [0.15, 0.2) is 41.8 Å². The first-order valence-electron chi connectivity index (χ1n) is 6.51. The van der Waals surface area contributed by atoms with Crippen LogP contribution in [0.4, 0.5) is 4.79 Å². The first-order valence-corrected chi connectivity index (χ1v) is 7.77. The van der Waals surface area contributed by atoms with Gasteiger partial charge in [-0.2, -0.15) is 0 Å². The van der Waals surface area contributed by atoms with Crippen molar-refractivity contribution >= 4 is 29.0 Å². The van der Waals surface area contributed by atoms with E-state index < -0.39 is 0 Å². The van der Waals surface area contributed by atoms with Crippen LogP contribution < -0.4 is 10.6 Å². The van der Waals surface area contributed by atoms with Gasteiger partial charge in [-0.3, -0.25) is 0 Å². The fourth-order valence-corrected chi connectivity index (χ4v) is 2.85. The molecule has 0 radical (unpaired) electrons. The molecule has 0 fully saturated rings. The molecule has 0 aliphatic rings. The number of nitrogens with one attached hydrogen (secondary N) is 2. The van der Waals surface area contributed by atoms with Crippen LogP contribution in [0, 0.1) is 0 Å². The molecule has 2 rings (SSSR count). The highest BCUT2D eigenvalue weighted by molar-refractivity contribution is 7.10. The lowest BCUT2D eigenvalue weighted by Gasteiger charge is -2.16. The number of rotatable bonds is 5. The normalized spacial score (nSPS) is 11.9. The van der Waals surface area contributed by atoms with Crippen LogP contribution in [-0.4, -0.2) is 6.03 Å². The summed E-state index contributed by atoms with van der Waals surface area (Å²) in [7, 11) is 0. The van der Waals surface area contributed by atoms with Crippen molar-refractivity contribution in [2.45, 2.75) is 25.9 Å². The average Bonchev–Trinajstić information content (AvgIpc) is 2.98. The van der Waals surface area contributed by atoms with E-state index in [1.165, 1.54) is 4.88 Å². The highest BCUT2D eigenvalue weighted by atomic mass is 35.5. The Morgan fingerprint density at radius 2 is 2.05 bits per heavy atom. The standard InChI is InChI=1S/C15H17ClN2OS/c1-2-13(14-4-3-9-20-14)18-15(19)17-10-11-5-7-12(16)8-6-11/h3-9,13H,2,10H2,1H3,(H2,17,18,19). The molecule has 0 aliphatic heterocycles. The molecule has 0 saturated carbocycles. The fraction of sp³-hybridized carbons (Fsp3) is 0.267. The number of halogens is 1. The molecular formula is C15H17ClN2OS. The number of hydrogen-bond acceptors (Lipinski definition) is 2. The Labute approximate surface area is 128 Å². The van der Waals surface area contributed by atoms with Crippen LogP contribution >= 0.6 is 22.9 Å². The molecule has 5 heteroatoms. The van der Waals surface area contributed by atoms with Gasteiger partial charge in [0.1, 0.15) is 0 Å². The molecule has 2 aromatic rings. The van der Waals surface area contributed by atoms with Gasteiger partial charge in [0.25, 0.3) is 0 Å². The summed E-state index contributed by atoms with van der Waals surface area (Å²) in [5.74, 6) is 0. The van der Waals surface area contributed by atoms with Gasteiger partial charge in [-0.15, -0.1) is 11.3 Å². The van der Waals surface area contributed by atoms with E-state index in [1.807, 2.05) is 41.8 Å². The minimum Gasteiger partial charge on any atom is -0.334 e. The Kier molecular flexibility index (Phi) is 5.44. The third kappa shape index (κ3) is 4.25. The van der Waals surface area contributed by atoms with Crippen LogP contribution in [0.5, 0.6) is 0 Å². The van der Waals surface area contributed by atoms with Crippen LogP contribution in [0.1, 0.15) is 29.8 Å². The van der Waals surface area contributed by atoms with Gasteiger partial charge in [0.15, 0.2) is 0 Å². The van der Waals surface area contributed by atoms with E-state index in [0.29, 0.717) is 11.6 Å². The second-order valence-electron chi connectivity index (χ2n) is 4.43. The molecule has 1 atom stereocenters. The van der Waals surface area contributed by atoms with Crippen LogP contribution in [0.2, 0.25) is 5.02 Å². The van der Waals surface area contributed by atoms with E-state index in [0.717, 1.165) is 12.0 Å². The molecule has 0 saturated heterocycles. The maximum Gasteiger partial charge on any atom is 0.315 e. The third-order valence-corrected chi connectivity index (χ3v) is 4.20. The molecule has 1 unspecified atom stereocenters. The van der Waals surface area contributed by atoms with Gasteiger partial charge in [-0.05, 0) is 35.6 Å². The zero-order valence-corrected chi connectivity index (χ0v) is 12.8. The smallest absolute Gasteiger partial charge is 0.315 e. The zero-order valence-electron chi connectivity index (χ0n) is 11.2. The maximum atomic E-state index is 11.9. The molecule has 0 aliphatic carbocycles. The number of urea groups is 1. The molecule has 0 spiro atoms. The summed E-state index contributed by atoms with van der Waals surface area (Å²) < 4.78 is 0. The predicted molar refractivity (Wildman–Crippen MR) is 84.2 cm³/mol. The van der Waals surface area contributed by atoms with Gasteiger partial charge in [0, 0.05) is 16.4 Å². The van der Waals surface area contributed by atoms with E-state index in [9.17, 15) is 4.79 Å². The molecule has 1 aromatic carbocycles. The lowest BCUT2D eigenvalue weighted by molar-refractivity contribution is 0.236. The number of carbonyl (C=O) groups is 1. The lowest BCUT2D eigenvalue weighted by Crippen LogP contribution is -2.37. The minimum absolute atomic E-state index is 0.0696. The molecule has 1 aromatic heterocycles. The summed E-state index contributed by atoms with van der Waals surface area (Å²) in [6, 6.07) is 11.4. The lowest BCUT2D eigenvalue weighted by atomic mass is 10.2. The highest BCUT2D eigenvalue weighted by Gasteiger charge is 2.12. The largest absolute Gasteiger partial charge is 0.334 e.